The van der Waals surface area contributed by atoms with Crippen molar-refractivity contribution in [3.8, 4) is 17.5 Å². The Balaban J connectivity index is 2.04. The SMILES string of the molecule is CC(C)(C#N)CCCn1ccnc1-c1ccccc1. The first kappa shape index (κ1) is 13.4. The summed E-state index contributed by atoms with van der Waals surface area (Å²) in [7, 11) is 0. The summed E-state index contributed by atoms with van der Waals surface area (Å²) in [6.07, 6.45) is 5.71. The molecular formula is C16H19N3. The van der Waals surface area contributed by atoms with Crippen LogP contribution < -0.4 is 0 Å². The summed E-state index contributed by atoms with van der Waals surface area (Å²) in [4.78, 5) is 4.42. The summed E-state index contributed by atoms with van der Waals surface area (Å²) in [6, 6.07) is 12.5. The molecule has 0 aliphatic rings. The second kappa shape index (κ2) is 5.71. The topological polar surface area (TPSA) is 41.6 Å². The Hall–Kier alpha value is -2.08. The van der Waals surface area contributed by atoms with Crippen molar-refractivity contribution in [2.24, 2.45) is 5.41 Å². The van der Waals surface area contributed by atoms with Gasteiger partial charge in [0.15, 0.2) is 0 Å². The van der Waals surface area contributed by atoms with E-state index in [1.807, 2.05) is 44.4 Å². The predicted octanol–water partition coefficient (Wildman–Crippen LogP) is 3.88. The molecule has 0 amide bonds. The van der Waals surface area contributed by atoms with E-state index >= 15 is 0 Å². The molecule has 0 saturated carbocycles. The highest BCUT2D eigenvalue weighted by Crippen LogP contribution is 2.22. The third-order valence-electron chi connectivity index (χ3n) is 3.25. The zero-order chi connectivity index (χ0) is 13.7. The van der Waals surface area contributed by atoms with Crippen LogP contribution in [-0.2, 0) is 6.54 Å². The number of nitrogens with zero attached hydrogens (tertiary/aromatic N) is 3. The lowest BCUT2D eigenvalue weighted by Crippen LogP contribution is -2.09. The number of nitriles is 1. The number of hydrogen-bond donors (Lipinski definition) is 0. The summed E-state index contributed by atoms with van der Waals surface area (Å²) >= 11 is 0. The summed E-state index contributed by atoms with van der Waals surface area (Å²) in [6.45, 7) is 4.87. The van der Waals surface area contributed by atoms with Crippen molar-refractivity contribution in [1.82, 2.24) is 9.55 Å². The fourth-order valence-electron chi connectivity index (χ4n) is 2.08. The summed E-state index contributed by atoms with van der Waals surface area (Å²) in [5.41, 5.74) is 0.889. The van der Waals surface area contributed by atoms with Crippen molar-refractivity contribution in [1.29, 1.82) is 5.26 Å². The molecule has 2 aromatic rings. The maximum atomic E-state index is 9.01. The van der Waals surface area contributed by atoms with E-state index in [2.05, 4.69) is 27.8 Å². The third kappa shape index (κ3) is 3.45. The molecule has 1 heterocycles. The van der Waals surface area contributed by atoms with Crippen molar-refractivity contribution in [2.75, 3.05) is 0 Å². The molecule has 1 aromatic carbocycles. The molecule has 0 aliphatic heterocycles. The van der Waals surface area contributed by atoms with Gasteiger partial charge in [0, 0.05) is 24.5 Å². The molecule has 0 spiro atoms. The van der Waals surface area contributed by atoms with Crippen LogP contribution >= 0.6 is 0 Å². The lowest BCUT2D eigenvalue weighted by atomic mass is 9.90. The molecule has 0 N–H and O–H groups in total. The molecule has 3 heteroatoms. The summed E-state index contributed by atoms with van der Waals surface area (Å²) < 4.78 is 2.16. The van der Waals surface area contributed by atoms with Crippen LogP contribution in [0.4, 0.5) is 0 Å². The Morgan fingerprint density at radius 3 is 2.68 bits per heavy atom. The molecule has 0 aliphatic carbocycles. The van der Waals surface area contributed by atoms with Crippen LogP contribution in [-0.4, -0.2) is 9.55 Å². The maximum absolute atomic E-state index is 9.01. The van der Waals surface area contributed by atoms with Crippen LogP contribution in [0, 0.1) is 16.7 Å². The molecule has 2 rings (SSSR count). The van der Waals surface area contributed by atoms with Gasteiger partial charge in [-0.15, -0.1) is 0 Å². The van der Waals surface area contributed by atoms with Crippen LogP contribution in [0.25, 0.3) is 11.4 Å². The fourth-order valence-corrected chi connectivity index (χ4v) is 2.08. The smallest absolute Gasteiger partial charge is 0.139 e. The first-order valence-corrected chi connectivity index (χ1v) is 6.60. The van der Waals surface area contributed by atoms with E-state index < -0.39 is 0 Å². The second-order valence-corrected chi connectivity index (χ2v) is 5.41. The average Bonchev–Trinajstić information content (AvgIpc) is 2.88. The highest BCUT2D eigenvalue weighted by Gasteiger charge is 2.16. The molecule has 98 valence electrons. The van der Waals surface area contributed by atoms with Crippen LogP contribution in [0.1, 0.15) is 26.7 Å². The number of hydrogen-bond acceptors (Lipinski definition) is 2. The first-order chi connectivity index (χ1) is 9.12. The van der Waals surface area contributed by atoms with E-state index in [0.717, 1.165) is 30.8 Å². The minimum absolute atomic E-state index is 0.243. The molecule has 0 fully saturated rings. The molecule has 1 aromatic heterocycles. The quantitative estimate of drug-likeness (QED) is 0.811. The van der Waals surface area contributed by atoms with E-state index in [0.29, 0.717) is 0 Å². The normalized spacial score (nSPS) is 11.2. The van der Waals surface area contributed by atoms with Gasteiger partial charge in [0.1, 0.15) is 5.82 Å². The number of rotatable bonds is 5. The number of aromatic nitrogens is 2. The zero-order valence-electron chi connectivity index (χ0n) is 11.5. The molecular weight excluding hydrogens is 234 g/mol. The largest absolute Gasteiger partial charge is 0.331 e. The Kier molecular flexibility index (Phi) is 4.01. The minimum atomic E-state index is -0.243. The highest BCUT2D eigenvalue weighted by atomic mass is 15.1. The predicted molar refractivity (Wildman–Crippen MR) is 76.3 cm³/mol. The monoisotopic (exact) mass is 253 g/mol. The fraction of sp³-hybridized carbons (Fsp3) is 0.375. The second-order valence-electron chi connectivity index (χ2n) is 5.41. The van der Waals surface area contributed by atoms with Gasteiger partial charge in [0.05, 0.1) is 11.5 Å². The standard InChI is InChI=1S/C16H19N3/c1-16(2,13-17)9-6-11-19-12-10-18-15(19)14-7-4-3-5-8-14/h3-5,7-8,10,12H,6,9,11H2,1-2H3. The van der Waals surface area contributed by atoms with Gasteiger partial charge in [0.2, 0.25) is 0 Å². The van der Waals surface area contributed by atoms with Crippen LogP contribution in [0.2, 0.25) is 0 Å². The molecule has 0 radical (unpaired) electrons. The molecule has 0 atom stereocenters. The molecule has 0 saturated heterocycles. The number of aryl methyl sites for hydroxylation is 1. The molecule has 3 nitrogen and oxygen atoms in total. The highest BCUT2D eigenvalue weighted by molar-refractivity contribution is 5.54. The lowest BCUT2D eigenvalue weighted by molar-refractivity contribution is 0.416. The van der Waals surface area contributed by atoms with Crippen LogP contribution in [0.15, 0.2) is 42.7 Å². The number of benzene rings is 1. The van der Waals surface area contributed by atoms with Gasteiger partial charge in [0.25, 0.3) is 0 Å². The van der Waals surface area contributed by atoms with Gasteiger partial charge in [-0.1, -0.05) is 30.3 Å². The van der Waals surface area contributed by atoms with Gasteiger partial charge in [-0.25, -0.2) is 4.98 Å². The van der Waals surface area contributed by atoms with Crippen molar-refractivity contribution in [3.05, 3.63) is 42.7 Å². The van der Waals surface area contributed by atoms with Gasteiger partial charge < -0.3 is 4.57 Å². The van der Waals surface area contributed by atoms with Crippen LogP contribution in [0.5, 0.6) is 0 Å². The van der Waals surface area contributed by atoms with E-state index in [1.54, 1.807) is 0 Å². The van der Waals surface area contributed by atoms with Crippen molar-refractivity contribution in [2.45, 2.75) is 33.2 Å². The van der Waals surface area contributed by atoms with Gasteiger partial charge in [-0.3, -0.25) is 0 Å². The Morgan fingerprint density at radius 2 is 2.00 bits per heavy atom. The number of imidazole rings is 1. The maximum Gasteiger partial charge on any atom is 0.139 e. The van der Waals surface area contributed by atoms with E-state index in [-0.39, 0.29) is 5.41 Å². The molecule has 19 heavy (non-hydrogen) atoms. The lowest BCUT2D eigenvalue weighted by Gasteiger charge is -2.15. The first-order valence-electron chi connectivity index (χ1n) is 6.60. The molecule has 0 bridgehead atoms. The minimum Gasteiger partial charge on any atom is -0.331 e. The van der Waals surface area contributed by atoms with Gasteiger partial charge in [-0.2, -0.15) is 5.26 Å². The molecule has 0 unspecified atom stereocenters. The van der Waals surface area contributed by atoms with Gasteiger partial charge >= 0.3 is 0 Å². The van der Waals surface area contributed by atoms with Gasteiger partial charge in [-0.05, 0) is 26.7 Å². The Bertz CT molecular complexity index is 561. The Morgan fingerprint density at radius 1 is 1.26 bits per heavy atom. The van der Waals surface area contributed by atoms with Crippen molar-refractivity contribution < 1.29 is 0 Å². The van der Waals surface area contributed by atoms with E-state index in [9.17, 15) is 0 Å². The Labute approximate surface area is 114 Å². The van der Waals surface area contributed by atoms with Crippen molar-refractivity contribution in [3.63, 3.8) is 0 Å². The summed E-state index contributed by atoms with van der Waals surface area (Å²) in [5, 5.41) is 9.01. The third-order valence-corrected chi connectivity index (χ3v) is 3.25. The van der Waals surface area contributed by atoms with Crippen molar-refractivity contribution >= 4 is 0 Å². The van der Waals surface area contributed by atoms with Crippen LogP contribution in [0.3, 0.4) is 0 Å². The summed E-state index contributed by atoms with van der Waals surface area (Å²) in [5.74, 6) is 0.996. The zero-order valence-corrected chi connectivity index (χ0v) is 11.5. The average molecular weight is 253 g/mol. The van der Waals surface area contributed by atoms with E-state index in [4.69, 9.17) is 5.26 Å². The van der Waals surface area contributed by atoms with E-state index in [1.165, 1.54) is 0 Å².